The Morgan fingerprint density at radius 1 is 0.895 bits per heavy atom. The fourth-order valence-corrected chi connectivity index (χ4v) is 2.37. The molecule has 0 saturated carbocycles. The van der Waals surface area contributed by atoms with Crippen LogP contribution in [0.5, 0.6) is 11.5 Å². The predicted molar refractivity (Wildman–Crippen MR) is 80.1 cm³/mol. The Morgan fingerprint density at radius 2 is 1.63 bits per heavy atom. The summed E-state index contributed by atoms with van der Waals surface area (Å²) in [6.45, 7) is 0.674. The predicted octanol–water partition coefficient (Wildman–Crippen LogP) is 5.23. The standard InChI is InChI=1S/C13H9Cl3N2O/c14-7-2-1-3-11(13(7)16)19-12-5-10-9(4-8(12)15)17-6-18-10/h1-5,17-18H,6H2. The monoisotopic (exact) mass is 314 g/mol. The van der Waals surface area contributed by atoms with Crippen molar-refractivity contribution in [1.29, 1.82) is 0 Å². The van der Waals surface area contributed by atoms with Crippen molar-refractivity contribution >= 4 is 46.2 Å². The van der Waals surface area contributed by atoms with Gasteiger partial charge in [0.2, 0.25) is 0 Å². The van der Waals surface area contributed by atoms with E-state index < -0.39 is 0 Å². The molecule has 0 fully saturated rings. The van der Waals surface area contributed by atoms with Crippen LogP contribution in [0.2, 0.25) is 15.1 Å². The Labute approximate surface area is 125 Å². The average molecular weight is 316 g/mol. The number of rotatable bonds is 2. The highest BCUT2D eigenvalue weighted by Crippen LogP contribution is 2.41. The average Bonchev–Trinajstić information content (AvgIpc) is 2.82. The zero-order chi connectivity index (χ0) is 13.4. The topological polar surface area (TPSA) is 33.3 Å². The summed E-state index contributed by atoms with van der Waals surface area (Å²) in [6.07, 6.45) is 0. The van der Waals surface area contributed by atoms with Gasteiger partial charge in [0, 0.05) is 6.07 Å². The van der Waals surface area contributed by atoms with Crippen molar-refractivity contribution in [3.8, 4) is 11.5 Å². The number of fused-ring (bicyclic) bond motifs is 1. The van der Waals surface area contributed by atoms with E-state index in [1.807, 2.05) is 12.1 Å². The number of hydrogen-bond acceptors (Lipinski definition) is 3. The first kappa shape index (κ1) is 12.7. The minimum Gasteiger partial charge on any atom is -0.454 e. The van der Waals surface area contributed by atoms with Gasteiger partial charge in [-0.25, -0.2) is 0 Å². The molecule has 0 amide bonds. The van der Waals surface area contributed by atoms with Crippen molar-refractivity contribution < 1.29 is 4.74 Å². The van der Waals surface area contributed by atoms with Crippen molar-refractivity contribution in [2.75, 3.05) is 17.3 Å². The smallest absolute Gasteiger partial charge is 0.148 e. The van der Waals surface area contributed by atoms with Crippen LogP contribution in [-0.4, -0.2) is 6.67 Å². The Morgan fingerprint density at radius 3 is 2.42 bits per heavy atom. The molecule has 2 aromatic rings. The van der Waals surface area contributed by atoms with Crippen LogP contribution in [0, 0.1) is 0 Å². The van der Waals surface area contributed by atoms with E-state index in [1.54, 1.807) is 18.2 Å². The van der Waals surface area contributed by atoms with Crippen molar-refractivity contribution in [2.45, 2.75) is 0 Å². The molecule has 19 heavy (non-hydrogen) atoms. The largest absolute Gasteiger partial charge is 0.454 e. The van der Waals surface area contributed by atoms with Crippen LogP contribution in [0.3, 0.4) is 0 Å². The molecule has 6 heteroatoms. The zero-order valence-electron chi connectivity index (χ0n) is 9.64. The van der Waals surface area contributed by atoms with Gasteiger partial charge in [0.1, 0.15) is 16.5 Å². The molecule has 0 aromatic heterocycles. The van der Waals surface area contributed by atoms with E-state index in [0.717, 1.165) is 11.4 Å². The van der Waals surface area contributed by atoms with Crippen LogP contribution in [0.15, 0.2) is 30.3 Å². The van der Waals surface area contributed by atoms with Crippen LogP contribution in [0.25, 0.3) is 0 Å². The summed E-state index contributed by atoms with van der Waals surface area (Å²) in [5.74, 6) is 1.00. The highest BCUT2D eigenvalue weighted by Gasteiger charge is 2.15. The lowest BCUT2D eigenvalue weighted by atomic mass is 10.2. The number of benzene rings is 2. The molecule has 1 aliphatic heterocycles. The third kappa shape index (κ3) is 2.41. The number of halogens is 3. The minimum atomic E-state index is 0.367. The van der Waals surface area contributed by atoms with E-state index in [0.29, 0.717) is 33.2 Å². The van der Waals surface area contributed by atoms with Crippen molar-refractivity contribution in [2.24, 2.45) is 0 Å². The Balaban J connectivity index is 1.97. The summed E-state index contributed by atoms with van der Waals surface area (Å²) >= 11 is 18.2. The van der Waals surface area contributed by atoms with Gasteiger partial charge in [0.25, 0.3) is 0 Å². The lowest BCUT2D eigenvalue weighted by Crippen LogP contribution is -1.98. The van der Waals surface area contributed by atoms with Gasteiger partial charge < -0.3 is 15.4 Å². The molecule has 0 radical (unpaired) electrons. The molecule has 0 atom stereocenters. The fraction of sp³-hybridized carbons (Fsp3) is 0.0769. The summed E-state index contributed by atoms with van der Waals surface area (Å²) in [6, 6.07) is 8.85. The number of ether oxygens (including phenoxy) is 1. The van der Waals surface area contributed by atoms with E-state index in [1.165, 1.54) is 0 Å². The van der Waals surface area contributed by atoms with Gasteiger partial charge in [0.05, 0.1) is 28.1 Å². The molecule has 1 aliphatic rings. The maximum Gasteiger partial charge on any atom is 0.148 e. The maximum absolute atomic E-state index is 6.18. The summed E-state index contributed by atoms with van der Waals surface area (Å²) < 4.78 is 5.73. The first-order valence-electron chi connectivity index (χ1n) is 5.58. The van der Waals surface area contributed by atoms with E-state index in [4.69, 9.17) is 39.5 Å². The fourth-order valence-electron chi connectivity index (χ4n) is 1.84. The van der Waals surface area contributed by atoms with E-state index in [2.05, 4.69) is 10.6 Å². The molecule has 3 nitrogen and oxygen atoms in total. The molecule has 0 aliphatic carbocycles. The van der Waals surface area contributed by atoms with Gasteiger partial charge in [-0.1, -0.05) is 40.9 Å². The molecule has 0 spiro atoms. The Bertz CT molecular complexity index is 646. The minimum absolute atomic E-state index is 0.367. The number of anilines is 2. The first-order chi connectivity index (χ1) is 9.15. The molecular weight excluding hydrogens is 307 g/mol. The van der Waals surface area contributed by atoms with Crippen LogP contribution in [0.4, 0.5) is 11.4 Å². The van der Waals surface area contributed by atoms with Gasteiger partial charge in [-0.3, -0.25) is 0 Å². The Hall–Kier alpha value is -1.29. The lowest BCUT2D eigenvalue weighted by molar-refractivity contribution is 0.483. The molecule has 0 saturated heterocycles. The molecule has 1 heterocycles. The lowest BCUT2D eigenvalue weighted by Gasteiger charge is -2.11. The number of nitrogens with one attached hydrogen (secondary N) is 2. The molecule has 3 rings (SSSR count). The third-order valence-electron chi connectivity index (χ3n) is 2.77. The first-order valence-corrected chi connectivity index (χ1v) is 6.71. The van der Waals surface area contributed by atoms with Crippen molar-refractivity contribution in [3.63, 3.8) is 0 Å². The molecular formula is C13H9Cl3N2O. The van der Waals surface area contributed by atoms with E-state index >= 15 is 0 Å². The zero-order valence-corrected chi connectivity index (χ0v) is 11.9. The molecule has 0 unspecified atom stereocenters. The van der Waals surface area contributed by atoms with Crippen LogP contribution in [0.1, 0.15) is 0 Å². The highest BCUT2D eigenvalue weighted by molar-refractivity contribution is 6.43. The quantitative estimate of drug-likeness (QED) is 0.795. The summed E-state index contributed by atoms with van der Waals surface area (Å²) in [5.41, 5.74) is 1.90. The van der Waals surface area contributed by atoms with E-state index in [-0.39, 0.29) is 0 Å². The van der Waals surface area contributed by atoms with Gasteiger partial charge in [-0.15, -0.1) is 0 Å². The third-order valence-corrected chi connectivity index (χ3v) is 3.86. The second kappa shape index (κ2) is 5.00. The van der Waals surface area contributed by atoms with Gasteiger partial charge in [0.15, 0.2) is 0 Å². The van der Waals surface area contributed by atoms with Crippen molar-refractivity contribution in [1.82, 2.24) is 0 Å². The Kier molecular flexibility index (Phi) is 3.35. The van der Waals surface area contributed by atoms with Gasteiger partial charge >= 0.3 is 0 Å². The number of hydrogen-bond donors (Lipinski definition) is 2. The van der Waals surface area contributed by atoms with Gasteiger partial charge in [-0.05, 0) is 18.2 Å². The molecule has 2 N–H and O–H groups in total. The normalized spacial score (nSPS) is 12.6. The summed E-state index contributed by atoms with van der Waals surface area (Å²) in [4.78, 5) is 0. The van der Waals surface area contributed by atoms with Crippen LogP contribution in [-0.2, 0) is 0 Å². The van der Waals surface area contributed by atoms with Crippen LogP contribution < -0.4 is 15.4 Å². The summed E-state index contributed by atoms with van der Waals surface area (Å²) in [5, 5.41) is 7.64. The van der Waals surface area contributed by atoms with Crippen LogP contribution >= 0.6 is 34.8 Å². The van der Waals surface area contributed by atoms with Gasteiger partial charge in [-0.2, -0.15) is 0 Å². The molecule has 98 valence electrons. The second-order valence-electron chi connectivity index (χ2n) is 4.01. The molecule has 2 aromatic carbocycles. The van der Waals surface area contributed by atoms with E-state index in [9.17, 15) is 0 Å². The molecule has 0 bridgehead atoms. The summed E-state index contributed by atoms with van der Waals surface area (Å²) in [7, 11) is 0. The second-order valence-corrected chi connectivity index (χ2v) is 5.20. The SMILES string of the molecule is Clc1cc2c(cc1Oc1cccc(Cl)c1Cl)NCN2. The highest BCUT2D eigenvalue weighted by atomic mass is 35.5. The van der Waals surface area contributed by atoms with Crippen molar-refractivity contribution in [3.05, 3.63) is 45.4 Å². The maximum atomic E-state index is 6.18.